The molecule has 0 saturated heterocycles. The van der Waals surface area contributed by atoms with E-state index in [0.29, 0.717) is 0 Å². The molecule has 0 spiro atoms. The van der Waals surface area contributed by atoms with Crippen molar-refractivity contribution in [3.05, 3.63) is 35.7 Å². The summed E-state index contributed by atoms with van der Waals surface area (Å²) in [7, 11) is 0. The second-order valence-electron chi connectivity index (χ2n) is 3.77. The van der Waals surface area contributed by atoms with Gasteiger partial charge in [-0.2, -0.15) is 5.10 Å². The summed E-state index contributed by atoms with van der Waals surface area (Å²) in [5, 5.41) is 7.24. The van der Waals surface area contributed by atoms with Gasteiger partial charge in [-0.1, -0.05) is 19.1 Å². The van der Waals surface area contributed by atoms with Crippen LogP contribution in [0.4, 0.5) is 0 Å². The summed E-state index contributed by atoms with van der Waals surface area (Å²) in [6.07, 6.45) is 0. The van der Waals surface area contributed by atoms with Gasteiger partial charge in [-0.15, -0.1) is 11.8 Å². The van der Waals surface area contributed by atoms with Crippen LogP contribution in [0.1, 0.15) is 18.3 Å². The summed E-state index contributed by atoms with van der Waals surface area (Å²) in [4.78, 5) is 1.32. The maximum Gasteiger partial charge on any atom is 0.0672 e. The largest absolute Gasteiger partial charge is 0.282 e. The van der Waals surface area contributed by atoms with E-state index in [0.717, 1.165) is 17.1 Å². The van der Waals surface area contributed by atoms with Crippen LogP contribution in [0.15, 0.2) is 29.2 Å². The van der Waals surface area contributed by atoms with Crippen molar-refractivity contribution in [1.82, 2.24) is 10.2 Å². The van der Waals surface area contributed by atoms with E-state index in [1.54, 1.807) is 0 Å². The summed E-state index contributed by atoms with van der Waals surface area (Å²) in [6, 6.07) is 8.69. The molecule has 0 amide bonds. The van der Waals surface area contributed by atoms with Gasteiger partial charge in [0.05, 0.1) is 5.69 Å². The summed E-state index contributed by atoms with van der Waals surface area (Å²) in [6.45, 7) is 6.26. The predicted octanol–water partition coefficient (Wildman–Crippen LogP) is 3.81. The van der Waals surface area contributed by atoms with Crippen molar-refractivity contribution in [3.8, 4) is 11.1 Å². The minimum absolute atomic E-state index is 1.06. The Balaban J connectivity index is 2.35. The smallest absolute Gasteiger partial charge is 0.0672 e. The van der Waals surface area contributed by atoms with E-state index < -0.39 is 0 Å². The highest BCUT2D eigenvalue weighted by molar-refractivity contribution is 7.99. The third kappa shape index (κ3) is 2.14. The zero-order valence-electron chi connectivity index (χ0n) is 9.87. The van der Waals surface area contributed by atoms with Crippen molar-refractivity contribution in [2.75, 3.05) is 5.75 Å². The predicted molar refractivity (Wildman–Crippen MR) is 69.9 cm³/mol. The molecule has 0 fully saturated rings. The molecule has 84 valence electrons. The van der Waals surface area contributed by atoms with Crippen LogP contribution in [0.3, 0.4) is 0 Å². The summed E-state index contributed by atoms with van der Waals surface area (Å²) in [5.41, 5.74) is 4.67. The zero-order chi connectivity index (χ0) is 11.5. The molecule has 0 unspecified atom stereocenters. The van der Waals surface area contributed by atoms with Gasteiger partial charge >= 0.3 is 0 Å². The van der Waals surface area contributed by atoms with E-state index in [4.69, 9.17) is 0 Å². The number of nitrogens with zero attached hydrogens (tertiary/aromatic N) is 1. The van der Waals surface area contributed by atoms with Gasteiger partial charge in [0.2, 0.25) is 0 Å². The average Bonchev–Trinajstić information content (AvgIpc) is 2.61. The lowest BCUT2D eigenvalue weighted by Crippen LogP contribution is -1.82. The highest BCUT2D eigenvalue weighted by atomic mass is 32.2. The molecule has 0 saturated carbocycles. The van der Waals surface area contributed by atoms with Gasteiger partial charge in [0.15, 0.2) is 0 Å². The van der Waals surface area contributed by atoms with E-state index in [9.17, 15) is 0 Å². The minimum Gasteiger partial charge on any atom is -0.282 e. The Morgan fingerprint density at radius 3 is 2.38 bits per heavy atom. The monoisotopic (exact) mass is 232 g/mol. The summed E-state index contributed by atoms with van der Waals surface area (Å²) in [5.74, 6) is 1.11. The van der Waals surface area contributed by atoms with Crippen molar-refractivity contribution >= 4 is 11.8 Å². The van der Waals surface area contributed by atoms with Crippen LogP contribution in [0.2, 0.25) is 0 Å². The number of benzene rings is 1. The number of hydrogen-bond acceptors (Lipinski definition) is 2. The average molecular weight is 232 g/mol. The molecule has 2 aromatic rings. The maximum absolute atomic E-state index is 4.22. The van der Waals surface area contributed by atoms with Gasteiger partial charge in [0, 0.05) is 16.2 Å². The topological polar surface area (TPSA) is 28.7 Å². The maximum atomic E-state index is 4.22. The minimum atomic E-state index is 1.06. The fourth-order valence-electron chi connectivity index (χ4n) is 1.86. The molecule has 0 atom stereocenters. The van der Waals surface area contributed by atoms with Gasteiger partial charge in [-0.3, -0.25) is 5.10 Å². The van der Waals surface area contributed by atoms with Crippen LogP contribution in [0.5, 0.6) is 0 Å². The second-order valence-corrected chi connectivity index (χ2v) is 5.10. The van der Waals surface area contributed by atoms with Gasteiger partial charge < -0.3 is 0 Å². The molecule has 3 heteroatoms. The molecule has 1 N–H and O–H groups in total. The highest BCUT2D eigenvalue weighted by Crippen LogP contribution is 2.27. The number of rotatable bonds is 3. The van der Waals surface area contributed by atoms with Crippen LogP contribution in [0, 0.1) is 13.8 Å². The number of aromatic amines is 1. The lowest BCUT2D eigenvalue weighted by atomic mass is 10.0. The van der Waals surface area contributed by atoms with Crippen molar-refractivity contribution < 1.29 is 0 Å². The number of hydrogen-bond donors (Lipinski definition) is 1. The number of aryl methyl sites for hydroxylation is 2. The van der Waals surface area contributed by atoms with Crippen LogP contribution in [-0.2, 0) is 0 Å². The van der Waals surface area contributed by atoms with Crippen LogP contribution in [-0.4, -0.2) is 16.0 Å². The third-order valence-corrected chi connectivity index (χ3v) is 3.48. The fourth-order valence-corrected chi connectivity index (χ4v) is 2.52. The Morgan fingerprint density at radius 1 is 1.19 bits per heavy atom. The first-order valence-electron chi connectivity index (χ1n) is 5.47. The lowest BCUT2D eigenvalue weighted by Gasteiger charge is -2.03. The van der Waals surface area contributed by atoms with Gasteiger partial charge in [0.1, 0.15) is 0 Å². The highest BCUT2D eigenvalue weighted by Gasteiger charge is 2.08. The van der Waals surface area contributed by atoms with Crippen molar-refractivity contribution in [3.63, 3.8) is 0 Å². The first kappa shape index (κ1) is 11.3. The summed E-state index contributed by atoms with van der Waals surface area (Å²) >= 11 is 1.87. The number of nitrogens with one attached hydrogen (secondary N) is 1. The number of thioether (sulfide) groups is 1. The number of aromatic nitrogens is 2. The first-order chi connectivity index (χ1) is 7.72. The molecule has 0 aliphatic carbocycles. The molecule has 1 heterocycles. The Hall–Kier alpha value is -1.22. The molecule has 1 aromatic carbocycles. The molecule has 0 radical (unpaired) electrons. The molecule has 0 aliphatic heterocycles. The molecule has 0 bridgehead atoms. The zero-order valence-corrected chi connectivity index (χ0v) is 10.7. The standard InChI is InChI=1S/C13H16N2S/c1-4-16-12-7-5-11(6-8-12)13-9(2)14-15-10(13)3/h5-8H,4H2,1-3H3,(H,14,15). The van der Waals surface area contributed by atoms with Gasteiger partial charge in [-0.05, 0) is 37.3 Å². The summed E-state index contributed by atoms with van der Waals surface area (Å²) < 4.78 is 0. The molecular weight excluding hydrogens is 216 g/mol. The molecule has 16 heavy (non-hydrogen) atoms. The first-order valence-corrected chi connectivity index (χ1v) is 6.45. The van der Waals surface area contributed by atoms with Gasteiger partial charge in [0.25, 0.3) is 0 Å². The SMILES string of the molecule is CCSc1ccc(-c2c(C)n[nH]c2C)cc1. The van der Waals surface area contributed by atoms with Crippen LogP contribution >= 0.6 is 11.8 Å². The molecule has 2 nitrogen and oxygen atoms in total. The van der Waals surface area contributed by atoms with E-state index in [-0.39, 0.29) is 0 Å². The van der Waals surface area contributed by atoms with E-state index in [1.807, 2.05) is 18.7 Å². The Labute approximate surface area is 100 Å². The van der Waals surface area contributed by atoms with Crippen molar-refractivity contribution in [2.24, 2.45) is 0 Å². The Kier molecular flexibility index (Phi) is 3.34. The van der Waals surface area contributed by atoms with E-state index >= 15 is 0 Å². The number of H-pyrrole nitrogens is 1. The molecular formula is C13H16N2S. The molecule has 1 aromatic heterocycles. The van der Waals surface area contributed by atoms with Gasteiger partial charge in [-0.25, -0.2) is 0 Å². The molecule has 0 aliphatic rings. The Morgan fingerprint density at radius 2 is 1.88 bits per heavy atom. The van der Waals surface area contributed by atoms with E-state index in [1.165, 1.54) is 16.0 Å². The normalized spacial score (nSPS) is 10.7. The lowest BCUT2D eigenvalue weighted by molar-refractivity contribution is 1.02. The van der Waals surface area contributed by atoms with Crippen LogP contribution < -0.4 is 0 Å². The van der Waals surface area contributed by atoms with E-state index in [2.05, 4.69) is 48.3 Å². The van der Waals surface area contributed by atoms with Crippen molar-refractivity contribution in [1.29, 1.82) is 0 Å². The Bertz CT molecular complexity index is 452. The van der Waals surface area contributed by atoms with Crippen LogP contribution in [0.25, 0.3) is 11.1 Å². The third-order valence-electron chi connectivity index (χ3n) is 2.58. The second kappa shape index (κ2) is 4.74. The molecule has 2 rings (SSSR count). The quantitative estimate of drug-likeness (QED) is 0.815. The fraction of sp³-hybridized carbons (Fsp3) is 0.308. The van der Waals surface area contributed by atoms with Crippen molar-refractivity contribution in [2.45, 2.75) is 25.7 Å².